The summed E-state index contributed by atoms with van der Waals surface area (Å²) in [6, 6.07) is 16.2. The minimum Gasteiger partial charge on any atom is -0.485 e. The van der Waals surface area contributed by atoms with Crippen molar-refractivity contribution >= 4 is 37.1 Å². The first kappa shape index (κ1) is 36.6. The molecule has 0 aliphatic carbocycles. The molecule has 1 saturated heterocycles. The lowest BCUT2D eigenvalue weighted by atomic mass is 9.99. The van der Waals surface area contributed by atoms with Gasteiger partial charge in [-0.25, -0.2) is 9.18 Å². The molecule has 0 radical (unpaired) electrons. The number of ether oxygens (including phenoxy) is 2. The molecule has 47 heavy (non-hydrogen) atoms. The topological polar surface area (TPSA) is 75.2 Å². The highest BCUT2D eigenvalue weighted by Crippen LogP contribution is 2.32. The largest absolute Gasteiger partial charge is 0.485 e. The zero-order valence-electron chi connectivity index (χ0n) is 28.6. The molecule has 1 fully saturated rings. The van der Waals surface area contributed by atoms with E-state index in [4.69, 9.17) is 9.47 Å². The molecule has 11 heteroatoms. The van der Waals surface area contributed by atoms with E-state index in [9.17, 15) is 9.59 Å². The third-order valence-corrected chi connectivity index (χ3v) is 11.3. The van der Waals surface area contributed by atoms with Crippen LogP contribution in [0.2, 0.25) is 25.7 Å². The number of piperidine rings is 1. The van der Waals surface area contributed by atoms with Gasteiger partial charge in [-0.1, -0.05) is 50.8 Å². The molecule has 3 atom stereocenters. The van der Waals surface area contributed by atoms with Crippen LogP contribution in [0.25, 0.3) is 0 Å². The van der Waals surface area contributed by atoms with Crippen molar-refractivity contribution in [3.63, 3.8) is 0 Å². The zero-order chi connectivity index (χ0) is 33.8. The van der Waals surface area contributed by atoms with Crippen molar-refractivity contribution in [1.82, 2.24) is 14.8 Å². The number of likely N-dealkylation sites (tertiary alicyclic amines) is 1. The van der Waals surface area contributed by atoms with Crippen LogP contribution in [0.1, 0.15) is 49.7 Å². The molecule has 0 saturated carbocycles. The summed E-state index contributed by atoms with van der Waals surface area (Å²) in [6.07, 6.45) is 3.83. The molecule has 1 aromatic carbocycles. The normalized spacial score (nSPS) is 17.6. The van der Waals surface area contributed by atoms with Gasteiger partial charge < -0.3 is 19.3 Å². The van der Waals surface area contributed by atoms with Crippen LogP contribution < -0.4 is 9.64 Å². The molecular weight excluding hydrogens is 632 g/mol. The summed E-state index contributed by atoms with van der Waals surface area (Å²) in [4.78, 5) is 36.4. The van der Waals surface area contributed by atoms with Gasteiger partial charge in [0.05, 0.1) is 24.5 Å². The van der Waals surface area contributed by atoms with Crippen molar-refractivity contribution < 1.29 is 23.5 Å². The van der Waals surface area contributed by atoms with Crippen LogP contribution in [0.5, 0.6) is 5.75 Å². The second-order valence-electron chi connectivity index (χ2n) is 13.3. The number of carbonyl (C=O) groups is 2. The number of amides is 2. The second-order valence-corrected chi connectivity index (χ2v) is 19.9. The standard InChI is InChI=1S/C36H51FN4O4SSi/c1-6-35(42)41(29-13-10-19-38-26-29)31-17-21-39(27-30(31)37)20-16-28-12-8-9-14-32(28)45-33(34-15-11-24-46-34)18-22-40(7-2)36(43)44-23-25-47(3,4)5/h8-15,19,24,26,30-31,33H,6-7,16-18,20-23,25,27H2,1-5H3/t30-,31+,33-/m1/s1. The van der Waals surface area contributed by atoms with Crippen LogP contribution in [0, 0.1) is 0 Å². The Bertz CT molecular complexity index is 1390. The quantitative estimate of drug-likeness (QED) is 0.143. The fourth-order valence-electron chi connectivity index (χ4n) is 5.81. The summed E-state index contributed by atoms with van der Waals surface area (Å²) < 4.78 is 28.0. The SMILES string of the molecule is CCC(=O)N(c1cccnc1)[C@H]1CCN(CCc2ccccc2O[C@H](CCN(CC)C(=O)OCC[Si](C)(C)C)c2cccs2)C[C@H]1F. The first-order chi connectivity index (χ1) is 22.6. The first-order valence-electron chi connectivity index (χ1n) is 16.9. The number of nitrogens with zero attached hydrogens (tertiary/aromatic N) is 4. The van der Waals surface area contributed by atoms with E-state index in [1.165, 1.54) is 0 Å². The molecule has 1 aliphatic rings. The number of thiophene rings is 1. The Morgan fingerprint density at radius 3 is 2.60 bits per heavy atom. The number of hydrogen-bond acceptors (Lipinski definition) is 7. The van der Waals surface area contributed by atoms with Gasteiger partial charge in [-0.05, 0) is 61.0 Å². The molecule has 3 heterocycles. The lowest BCUT2D eigenvalue weighted by Crippen LogP contribution is -2.54. The maximum absolute atomic E-state index is 15.7. The van der Waals surface area contributed by atoms with E-state index in [1.807, 2.05) is 42.6 Å². The number of benzene rings is 1. The third-order valence-electron chi connectivity index (χ3n) is 8.60. The van der Waals surface area contributed by atoms with Crippen molar-refractivity contribution in [2.24, 2.45) is 0 Å². The summed E-state index contributed by atoms with van der Waals surface area (Å²) in [5.41, 5.74) is 1.70. The van der Waals surface area contributed by atoms with Crippen LogP contribution in [-0.2, 0) is 16.0 Å². The number of para-hydroxylation sites is 1. The highest BCUT2D eigenvalue weighted by molar-refractivity contribution is 7.10. The van der Waals surface area contributed by atoms with Gasteiger partial charge in [-0.2, -0.15) is 0 Å². The smallest absolute Gasteiger partial charge is 0.409 e. The first-order valence-corrected chi connectivity index (χ1v) is 21.5. The number of carbonyl (C=O) groups excluding carboxylic acids is 2. The van der Waals surface area contributed by atoms with Gasteiger partial charge >= 0.3 is 6.09 Å². The average molecular weight is 683 g/mol. The molecule has 2 aromatic heterocycles. The Morgan fingerprint density at radius 1 is 1.13 bits per heavy atom. The Hall–Kier alpha value is -3.28. The minimum atomic E-state index is -1.29. The molecule has 8 nitrogen and oxygen atoms in total. The van der Waals surface area contributed by atoms with E-state index in [0.29, 0.717) is 64.2 Å². The fraction of sp³-hybridized carbons (Fsp3) is 0.528. The van der Waals surface area contributed by atoms with Crippen LogP contribution >= 0.6 is 11.3 Å². The number of anilines is 1. The van der Waals surface area contributed by atoms with Gasteiger partial charge in [0, 0.05) is 64.7 Å². The number of pyridine rings is 1. The predicted molar refractivity (Wildman–Crippen MR) is 191 cm³/mol. The molecule has 1 aliphatic heterocycles. The fourth-order valence-corrected chi connectivity index (χ4v) is 7.32. The van der Waals surface area contributed by atoms with Crippen molar-refractivity contribution in [1.29, 1.82) is 0 Å². The highest BCUT2D eigenvalue weighted by atomic mass is 32.1. The van der Waals surface area contributed by atoms with E-state index < -0.39 is 20.3 Å². The Labute approximate surface area is 284 Å². The lowest BCUT2D eigenvalue weighted by molar-refractivity contribution is -0.119. The minimum absolute atomic E-state index is 0.0912. The summed E-state index contributed by atoms with van der Waals surface area (Å²) in [6.45, 7) is 13.8. The molecule has 0 spiro atoms. The van der Waals surface area contributed by atoms with E-state index in [1.54, 1.807) is 46.5 Å². The number of rotatable bonds is 16. The van der Waals surface area contributed by atoms with Crippen molar-refractivity contribution in [3.8, 4) is 5.75 Å². The molecule has 256 valence electrons. The van der Waals surface area contributed by atoms with Crippen LogP contribution in [0.15, 0.2) is 66.3 Å². The molecule has 0 N–H and O–H groups in total. The predicted octanol–water partition coefficient (Wildman–Crippen LogP) is 7.85. The van der Waals surface area contributed by atoms with Crippen molar-refractivity contribution in [2.45, 2.75) is 83.5 Å². The van der Waals surface area contributed by atoms with Gasteiger partial charge in [-0.15, -0.1) is 11.3 Å². The monoisotopic (exact) mass is 682 g/mol. The zero-order valence-corrected chi connectivity index (χ0v) is 30.4. The van der Waals surface area contributed by atoms with Crippen molar-refractivity contribution in [2.75, 3.05) is 44.2 Å². The third kappa shape index (κ3) is 10.9. The van der Waals surface area contributed by atoms with Gasteiger partial charge in [0.15, 0.2) is 0 Å². The van der Waals surface area contributed by atoms with Gasteiger partial charge in [0.1, 0.15) is 18.0 Å². The van der Waals surface area contributed by atoms with E-state index in [2.05, 4.69) is 41.7 Å². The van der Waals surface area contributed by atoms with Crippen molar-refractivity contribution in [3.05, 3.63) is 76.7 Å². The Kier molecular flexibility index (Phi) is 13.8. The number of alkyl halides is 1. The molecule has 3 aromatic rings. The average Bonchev–Trinajstić information content (AvgIpc) is 3.60. The van der Waals surface area contributed by atoms with E-state index in [-0.39, 0.29) is 24.6 Å². The number of halogens is 1. The summed E-state index contributed by atoms with van der Waals surface area (Å²) >= 11 is 1.64. The van der Waals surface area contributed by atoms with Gasteiger partial charge in [-0.3, -0.25) is 14.7 Å². The maximum atomic E-state index is 15.7. The molecule has 2 amide bonds. The Morgan fingerprint density at radius 2 is 1.94 bits per heavy atom. The van der Waals surface area contributed by atoms with Crippen LogP contribution in [-0.4, -0.2) is 86.4 Å². The number of aromatic nitrogens is 1. The van der Waals surface area contributed by atoms with E-state index >= 15 is 4.39 Å². The summed E-state index contributed by atoms with van der Waals surface area (Å²) in [7, 11) is -1.29. The summed E-state index contributed by atoms with van der Waals surface area (Å²) in [5.74, 6) is 0.709. The van der Waals surface area contributed by atoms with Gasteiger partial charge in [0.25, 0.3) is 0 Å². The molecule has 4 rings (SSSR count). The lowest BCUT2D eigenvalue weighted by Gasteiger charge is -2.40. The Balaban J connectivity index is 1.37. The van der Waals surface area contributed by atoms with Crippen LogP contribution in [0.4, 0.5) is 14.9 Å². The van der Waals surface area contributed by atoms with Crippen LogP contribution in [0.3, 0.4) is 0 Å². The summed E-state index contributed by atoms with van der Waals surface area (Å²) in [5, 5.41) is 2.04. The van der Waals surface area contributed by atoms with E-state index in [0.717, 1.165) is 22.2 Å². The molecular formula is C36H51FN4O4SSi. The maximum Gasteiger partial charge on any atom is 0.409 e. The number of hydrogen-bond donors (Lipinski definition) is 0. The van der Waals surface area contributed by atoms with Gasteiger partial charge in [0.2, 0.25) is 5.91 Å². The highest BCUT2D eigenvalue weighted by Gasteiger charge is 2.36. The second kappa shape index (κ2) is 17.7. The molecule has 0 bridgehead atoms. The molecule has 0 unspecified atom stereocenters.